The molecule has 1 aromatic heterocycles. The largest absolute Gasteiger partial charge is 0.495 e. The molecule has 3 N–H and O–H groups in total. The molecule has 0 bridgehead atoms. The van der Waals surface area contributed by atoms with Gasteiger partial charge in [0.1, 0.15) is 18.1 Å². The number of carbonyl (C=O) groups excluding carboxylic acids is 1. The Kier molecular flexibility index (Phi) is 5.85. The minimum atomic E-state index is -0.413. The maximum atomic E-state index is 11.5. The van der Waals surface area contributed by atoms with E-state index in [4.69, 9.17) is 15.2 Å². The molecule has 28 heavy (non-hydrogen) atoms. The number of ether oxygens (including phenoxy) is 3. The predicted molar refractivity (Wildman–Crippen MR) is 103 cm³/mol. The highest BCUT2D eigenvalue weighted by molar-refractivity contribution is 5.89. The molecule has 9 nitrogen and oxygen atoms in total. The van der Waals surface area contributed by atoms with Gasteiger partial charge in [0.15, 0.2) is 5.82 Å². The Bertz CT molecular complexity index is 963. The Labute approximate surface area is 161 Å². The lowest BCUT2D eigenvalue weighted by Crippen LogP contribution is -2.09. The monoisotopic (exact) mass is 381 g/mol. The number of aromatic nitrogens is 3. The number of nitrogens with two attached hydrogens (primary N) is 1. The Morgan fingerprint density at radius 1 is 1.04 bits per heavy atom. The van der Waals surface area contributed by atoms with Crippen molar-refractivity contribution in [3.63, 3.8) is 0 Å². The number of carbonyl (C=O) groups is 1. The van der Waals surface area contributed by atoms with Crippen LogP contribution in [0, 0.1) is 0 Å². The van der Waals surface area contributed by atoms with E-state index in [1.165, 1.54) is 7.11 Å². The first kappa shape index (κ1) is 18.9. The molecular weight excluding hydrogens is 362 g/mol. The molecule has 0 aliphatic rings. The summed E-state index contributed by atoms with van der Waals surface area (Å²) in [5, 5.41) is 3.06. The van der Waals surface area contributed by atoms with Crippen LogP contribution in [0.5, 0.6) is 11.5 Å². The second kappa shape index (κ2) is 8.67. The molecular formula is C19H19N5O4. The number of hydrogen-bond acceptors (Lipinski definition) is 9. The normalized spacial score (nSPS) is 10.2. The summed E-state index contributed by atoms with van der Waals surface area (Å²) < 4.78 is 15.6. The van der Waals surface area contributed by atoms with E-state index >= 15 is 0 Å². The van der Waals surface area contributed by atoms with Gasteiger partial charge in [0, 0.05) is 0 Å². The predicted octanol–water partition coefficient (Wildman–Crippen LogP) is 2.57. The molecule has 0 saturated heterocycles. The number of rotatable bonds is 7. The SMILES string of the molecule is COC(=O)c1ccc(OCc2nc(N)nc(Nc3ccccc3OC)n2)cc1. The topological polar surface area (TPSA) is 121 Å². The van der Waals surface area contributed by atoms with Gasteiger partial charge in [0.25, 0.3) is 0 Å². The lowest BCUT2D eigenvalue weighted by atomic mass is 10.2. The number of anilines is 3. The van der Waals surface area contributed by atoms with Gasteiger partial charge < -0.3 is 25.3 Å². The fourth-order valence-corrected chi connectivity index (χ4v) is 2.38. The van der Waals surface area contributed by atoms with E-state index in [0.29, 0.717) is 28.6 Å². The van der Waals surface area contributed by atoms with E-state index in [1.54, 1.807) is 31.4 Å². The molecule has 0 saturated carbocycles. The number of nitrogen functional groups attached to an aromatic ring is 1. The second-order valence-corrected chi connectivity index (χ2v) is 5.56. The van der Waals surface area contributed by atoms with Gasteiger partial charge in [-0.25, -0.2) is 4.79 Å². The summed E-state index contributed by atoms with van der Waals surface area (Å²) in [5.41, 5.74) is 6.91. The van der Waals surface area contributed by atoms with E-state index in [1.807, 2.05) is 24.3 Å². The van der Waals surface area contributed by atoms with Crippen LogP contribution in [0.2, 0.25) is 0 Å². The summed E-state index contributed by atoms with van der Waals surface area (Å²) in [6, 6.07) is 13.9. The molecule has 1 heterocycles. The van der Waals surface area contributed by atoms with E-state index in [2.05, 4.69) is 25.0 Å². The molecule has 0 aliphatic heterocycles. The number of nitrogens with one attached hydrogen (secondary N) is 1. The molecule has 0 amide bonds. The third-order valence-corrected chi connectivity index (χ3v) is 3.70. The molecule has 0 radical (unpaired) electrons. The zero-order valence-corrected chi connectivity index (χ0v) is 15.4. The third kappa shape index (κ3) is 4.64. The lowest BCUT2D eigenvalue weighted by Gasteiger charge is -2.11. The van der Waals surface area contributed by atoms with Crippen molar-refractivity contribution in [1.82, 2.24) is 15.0 Å². The van der Waals surface area contributed by atoms with Crippen LogP contribution in [0.4, 0.5) is 17.6 Å². The molecule has 0 atom stereocenters. The van der Waals surface area contributed by atoms with Gasteiger partial charge in [0.05, 0.1) is 25.5 Å². The van der Waals surface area contributed by atoms with Gasteiger partial charge >= 0.3 is 5.97 Å². The number of methoxy groups -OCH3 is 2. The highest BCUT2D eigenvalue weighted by atomic mass is 16.5. The van der Waals surface area contributed by atoms with Crippen LogP contribution in [0.25, 0.3) is 0 Å². The summed E-state index contributed by atoms with van der Waals surface area (Å²) in [4.78, 5) is 23.9. The molecule has 3 rings (SSSR count). The molecule has 144 valence electrons. The minimum Gasteiger partial charge on any atom is -0.495 e. The molecule has 9 heteroatoms. The van der Waals surface area contributed by atoms with Crippen LogP contribution in [0.1, 0.15) is 16.2 Å². The van der Waals surface area contributed by atoms with Gasteiger partial charge in [-0.15, -0.1) is 0 Å². The van der Waals surface area contributed by atoms with Crippen LogP contribution >= 0.6 is 0 Å². The minimum absolute atomic E-state index is 0.0621. The van der Waals surface area contributed by atoms with Gasteiger partial charge in [0.2, 0.25) is 11.9 Å². The zero-order valence-electron chi connectivity index (χ0n) is 15.4. The molecule has 0 unspecified atom stereocenters. The first-order valence-corrected chi connectivity index (χ1v) is 8.30. The van der Waals surface area contributed by atoms with Gasteiger partial charge in [-0.2, -0.15) is 15.0 Å². The van der Waals surface area contributed by atoms with Crippen LogP contribution in [0.15, 0.2) is 48.5 Å². The number of hydrogen-bond donors (Lipinski definition) is 2. The van der Waals surface area contributed by atoms with Crippen molar-refractivity contribution in [3.05, 3.63) is 59.9 Å². The van der Waals surface area contributed by atoms with Crippen molar-refractivity contribution in [3.8, 4) is 11.5 Å². The van der Waals surface area contributed by atoms with E-state index in [-0.39, 0.29) is 18.5 Å². The van der Waals surface area contributed by atoms with Crippen molar-refractivity contribution in [2.75, 3.05) is 25.3 Å². The fourth-order valence-electron chi connectivity index (χ4n) is 2.38. The van der Waals surface area contributed by atoms with Crippen molar-refractivity contribution in [1.29, 1.82) is 0 Å². The smallest absolute Gasteiger partial charge is 0.337 e. The molecule has 0 spiro atoms. The Morgan fingerprint density at radius 2 is 1.79 bits per heavy atom. The van der Waals surface area contributed by atoms with E-state index in [9.17, 15) is 4.79 Å². The first-order valence-electron chi connectivity index (χ1n) is 8.30. The lowest BCUT2D eigenvalue weighted by molar-refractivity contribution is 0.0600. The van der Waals surface area contributed by atoms with Crippen LogP contribution in [-0.2, 0) is 11.3 Å². The maximum Gasteiger partial charge on any atom is 0.337 e. The Balaban J connectivity index is 1.70. The van der Waals surface area contributed by atoms with Crippen molar-refractivity contribution >= 4 is 23.6 Å². The second-order valence-electron chi connectivity index (χ2n) is 5.56. The highest BCUT2D eigenvalue weighted by Crippen LogP contribution is 2.25. The van der Waals surface area contributed by atoms with Gasteiger partial charge in [-0.3, -0.25) is 0 Å². The molecule has 0 fully saturated rings. The Hall–Kier alpha value is -3.88. The fraction of sp³-hybridized carbons (Fsp3) is 0.158. The van der Waals surface area contributed by atoms with Crippen molar-refractivity contribution < 1.29 is 19.0 Å². The summed E-state index contributed by atoms with van der Waals surface area (Å²) in [5.74, 6) is 1.46. The molecule has 3 aromatic rings. The molecule has 0 aliphatic carbocycles. The highest BCUT2D eigenvalue weighted by Gasteiger charge is 2.09. The average molecular weight is 381 g/mol. The van der Waals surface area contributed by atoms with Gasteiger partial charge in [-0.1, -0.05) is 12.1 Å². The van der Waals surface area contributed by atoms with Crippen molar-refractivity contribution in [2.45, 2.75) is 6.61 Å². The van der Waals surface area contributed by atoms with Crippen LogP contribution in [0.3, 0.4) is 0 Å². The number of benzene rings is 2. The Morgan fingerprint density at radius 3 is 2.50 bits per heavy atom. The summed E-state index contributed by atoms with van der Waals surface area (Å²) in [7, 11) is 2.90. The van der Waals surface area contributed by atoms with Crippen LogP contribution < -0.4 is 20.5 Å². The number of nitrogens with zero attached hydrogens (tertiary/aromatic N) is 3. The average Bonchev–Trinajstić information content (AvgIpc) is 2.72. The summed E-state index contributed by atoms with van der Waals surface area (Å²) in [6.45, 7) is 0.0743. The summed E-state index contributed by atoms with van der Waals surface area (Å²) in [6.07, 6.45) is 0. The van der Waals surface area contributed by atoms with E-state index in [0.717, 1.165) is 0 Å². The van der Waals surface area contributed by atoms with Gasteiger partial charge in [-0.05, 0) is 36.4 Å². The third-order valence-electron chi connectivity index (χ3n) is 3.70. The maximum absolute atomic E-state index is 11.5. The van der Waals surface area contributed by atoms with Crippen molar-refractivity contribution in [2.24, 2.45) is 0 Å². The summed E-state index contributed by atoms with van der Waals surface area (Å²) >= 11 is 0. The van der Waals surface area contributed by atoms with E-state index < -0.39 is 5.97 Å². The first-order chi connectivity index (χ1) is 13.6. The zero-order chi connectivity index (χ0) is 19.9. The standard InChI is InChI=1S/C19H19N5O4/c1-26-15-6-4-3-5-14(15)21-19-23-16(22-18(20)24-19)11-28-13-9-7-12(8-10-13)17(25)27-2/h3-10H,11H2,1-2H3,(H3,20,21,22,23,24). The van der Waals surface area contributed by atoms with Crippen LogP contribution in [-0.4, -0.2) is 35.1 Å². The molecule has 2 aromatic carbocycles. The number of para-hydroxylation sites is 2. The quantitative estimate of drug-likeness (QED) is 0.595. The number of esters is 1.